The van der Waals surface area contributed by atoms with E-state index in [1.165, 1.54) is 0 Å². The number of benzene rings is 2. The molecule has 38 heavy (non-hydrogen) atoms. The van der Waals surface area contributed by atoms with Gasteiger partial charge in [0.15, 0.2) is 0 Å². The number of amides is 1. The van der Waals surface area contributed by atoms with Crippen LogP contribution in [0.25, 0.3) is 17.3 Å². The van der Waals surface area contributed by atoms with Gasteiger partial charge in [-0.2, -0.15) is 0 Å². The number of ether oxygens (including phenoxy) is 2. The molecule has 3 rings (SSSR count). The Morgan fingerprint density at radius 1 is 1.16 bits per heavy atom. The van der Waals surface area contributed by atoms with Gasteiger partial charge in [0, 0.05) is 23.3 Å². The Hall–Kier alpha value is -3.74. The predicted molar refractivity (Wildman–Crippen MR) is 158 cm³/mol. The van der Waals surface area contributed by atoms with Crippen LogP contribution in [0.5, 0.6) is 5.75 Å². The van der Waals surface area contributed by atoms with Crippen molar-refractivity contribution in [1.29, 1.82) is 0 Å². The zero-order valence-corrected chi connectivity index (χ0v) is 23.4. The number of hydrogen-bond acceptors (Lipinski definition) is 4. The van der Waals surface area contributed by atoms with Gasteiger partial charge in [-0.25, -0.2) is 4.98 Å². The molecule has 0 saturated carbocycles. The van der Waals surface area contributed by atoms with Gasteiger partial charge < -0.3 is 19.4 Å². The maximum absolute atomic E-state index is 12.6. The maximum Gasteiger partial charge on any atom is 0.240 e. The molecule has 6 nitrogen and oxygen atoms in total. The van der Waals surface area contributed by atoms with Gasteiger partial charge in [-0.3, -0.25) is 4.79 Å². The number of rotatable bonds is 11. The Kier molecular flexibility index (Phi) is 13.0. The van der Waals surface area contributed by atoms with Crippen LogP contribution in [0.1, 0.15) is 18.3 Å². The lowest BCUT2D eigenvalue weighted by atomic mass is 10.1. The first-order chi connectivity index (χ1) is 18.3. The number of methoxy groups -OCH3 is 2. The van der Waals surface area contributed by atoms with Crippen LogP contribution in [0.2, 0.25) is 10.0 Å². The molecule has 0 saturated heterocycles. The third-order valence-electron chi connectivity index (χ3n) is 5.20. The highest BCUT2D eigenvalue weighted by Crippen LogP contribution is 2.30. The summed E-state index contributed by atoms with van der Waals surface area (Å²) in [5, 5.41) is 3.99. The first-order valence-corrected chi connectivity index (χ1v) is 12.6. The molecule has 1 amide bonds. The number of allylic oxidation sites excluding steroid dienone is 4. The first-order valence-electron chi connectivity index (χ1n) is 11.9. The molecule has 8 heteroatoms. The Morgan fingerprint density at radius 2 is 1.89 bits per heavy atom. The zero-order chi connectivity index (χ0) is 27.9. The first kappa shape index (κ1) is 30.5. The van der Waals surface area contributed by atoms with Crippen molar-refractivity contribution in [3.63, 3.8) is 0 Å². The van der Waals surface area contributed by atoms with Crippen LogP contribution in [-0.4, -0.2) is 36.2 Å². The Morgan fingerprint density at radius 3 is 2.47 bits per heavy atom. The number of carbonyl (C=O) groups excluding carboxylic acids is 1. The van der Waals surface area contributed by atoms with E-state index in [9.17, 15) is 4.79 Å². The predicted octanol–water partition coefficient (Wildman–Crippen LogP) is 7.15. The molecule has 0 radical (unpaired) electrons. The van der Waals surface area contributed by atoms with Gasteiger partial charge in [-0.05, 0) is 60.9 Å². The summed E-state index contributed by atoms with van der Waals surface area (Å²) in [6.45, 7) is 10.1. The lowest BCUT2D eigenvalue weighted by Gasteiger charge is -2.08. The van der Waals surface area contributed by atoms with E-state index in [1.807, 2.05) is 43.3 Å². The summed E-state index contributed by atoms with van der Waals surface area (Å²) in [5.41, 5.74) is 3.23. The number of nitrogens with one attached hydrogen (secondary N) is 1. The molecule has 0 atom stereocenters. The fraction of sp³-hybridized carbons (Fsp3) is 0.200. The highest BCUT2D eigenvalue weighted by atomic mass is 35.5. The number of carbonyl (C=O) groups is 1. The quantitative estimate of drug-likeness (QED) is 0.202. The average molecular weight is 555 g/mol. The number of imidazole rings is 1. The van der Waals surface area contributed by atoms with E-state index in [1.54, 1.807) is 61.6 Å². The van der Waals surface area contributed by atoms with Crippen molar-refractivity contribution in [2.75, 3.05) is 20.8 Å². The van der Waals surface area contributed by atoms with E-state index in [-0.39, 0.29) is 12.5 Å². The molecule has 0 fully saturated rings. The van der Waals surface area contributed by atoms with Crippen molar-refractivity contribution in [2.45, 2.75) is 19.9 Å². The smallest absolute Gasteiger partial charge is 0.240 e. The molecule has 1 N–H and O–H groups in total. The zero-order valence-electron chi connectivity index (χ0n) is 21.9. The summed E-state index contributed by atoms with van der Waals surface area (Å²) in [5.74, 6) is 1.29. The lowest BCUT2D eigenvalue weighted by molar-refractivity contribution is -0.121. The molecule has 0 aliphatic carbocycles. The molecule has 1 aromatic heterocycles. The molecule has 3 aromatic rings. The SMILES string of the molecule is C/C=C/OC.C=CC(=C)/C=C/c1nc(-c2ccc(Cl)cc2Cl)cn1CC(=O)NCCc1ccc(OC)cc1. The van der Waals surface area contributed by atoms with Crippen LogP contribution in [0.3, 0.4) is 0 Å². The number of nitrogens with zero attached hydrogens (tertiary/aromatic N) is 2. The van der Waals surface area contributed by atoms with Crippen LogP contribution in [0, 0.1) is 0 Å². The second kappa shape index (κ2) is 16.2. The van der Waals surface area contributed by atoms with Gasteiger partial charge in [0.05, 0.1) is 31.2 Å². The highest BCUT2D eigenvalue weighted by Gasteiger charge is 2.13. The van der Waals surface area contributed by atoms with E-state index >= 15 is 0 Å². The largest absolute Gasteiger partial charge is 0.505 e. The second-order valence-electron chi connectivity index (χ2n) is 8.00. The standard InChI is InChI=1S/C26H25Cl2N3O2.C4H8O/c1-4-18(2)5-12-25-30-24(22-11-8-20(27)15-23(22)28)16-31(25)17-26(32)29-14-13-19-6-9-21(33-3)10-7-19;1-3-4-5-2/h4-12,15-16H,1-2,13-14,17H2,3H3,(H,29,32);3-4H,1-2H3/b12-5+;4-3+. The van der Waals surface area contributed by atoms with Crippen molar-refractivity contribution in [3.05, 3.63) is 113 Å². The molecule has 0 aliphatic heterocycles. The second-order valence-corrected chi connectivity index (χ2v) is 8.85. The molecule has 0 bridgehead atoms. The average Bonchev–Trinajstić information content (AvgIpc) is 3.30. The Labute approximate surface area is 234 Å². The third-order valence-corrected chi connectivity index (χ3v) is 5.75. The summed E-state index contributed by atoms with van der Waals surface area (Å²) >= 11 is 12.4. The molecule has 1 heterocycles. The monoisotopic (exact) mass is 553 g/mol. The minimum Gasteiger partial charge on any atom is -0.505 e. The number of aromatic nitrogens is 2. The van der Waals surface area contributed by atoms with Crippen molar-refractivity contribution in [2.24, 2.45) is 0 Å². The maximum atomic E-state index is 12.6. The van der Waals surface area contributed by atoms with Crippen molar-refractivity contribution >= 4 is 35.2 Å². The van der Waals surface area contributed by atoms with Crippen LogP contribution in [-0.2, 0) is 22.5 Å². The van der Waals surface area contributed by atoms with E-state index < -0.39 is 0 Å². The minimum atomic E-state index is -0.119. The highest BCUT2D eigenvalue weighted by molar-refractivity contribution is 6.36. The molecule has 0 spiro atoms. The molecular weight excluding hydrogens is 521 g/mol. The van der Waals surface area contributed by atoms with Gasteiger partial charge in [-0.15, -0.1) is 0 Å². The van der Waals surface area contributed by atoms with Gasteiger partial charge in [0.1, 0.15) is 18.1 Å². The van der Waals surface area contributed by atoms with Crippen molar-refractivity contribution < 1.29 is 14.3 Å². The topological polar surface area (TPSA) is 65.4 Å². The van der Waals surface area contributed by atoms with E-state index in [4.69, 9.17) is 27.9 Å². The Bertz CT molecular complexity index is 1280. The van der Waals surface area contributed by atoms with Gasteiger partial charge in [0.2, 0.25) is 5.91 Å². The van der Waals surface area contributed by atoms with E-state index in [0.29, 0.717) is 28.1 Å². The van der Waals surface area contributed by atoms with E-state index in [0.717, 1.165) is 28.9 Å². The van der Waals surface area contributed by atoms with Gasteiger partial charge in [-0.1, -0.05) is 66.7 Å². The van der Waals surface area contributed by atoms with Crippen molar-refractivity contribution in [3.8, 4) is 17.0 Å². The van der Waals surface area contributed by atoms with E-state index in [2.05, 4.69) is 28.2 Å². The minimum absolute atomic E-state index is 0.112. The summed E-state index contributed by atoms with van der Waals surface area (Å²) in [7, 11) is 3.26. The summed E-state index contributed by atoms with van der Waals surface area (Å²) < 4.78 is 11.5. The lowest BCUT2D eigenvalue weighted by Crippen LogP contribution is -2.29. The number of halogens is 2. The summed E-state index contributed by atoms with van der Waals surface area (Å²) in [6, 6.07) is 13.0. The fourth-order valence-corrected chi connectivity index (χ4v) is 3.76. The van der Waals surface area contributed by atoms with Crippen LogP contribution in [0.4, 0.5) is 0 Å². The van der Waals surface area contributed by atoms with Crippen LogP contribution in [0.15, 0.2) is 91.9 Å². The van der Waals surface area contributed by atoms with Gasteiger partial charge in [0.25, 0.3) is 0 Å². The van der Waals surface area contributed by atoms with Crippen molar-refractivity contribution in [1.82, 2.24) is 14.9 Å². The molecule has 200 valence electrons. The fourth-order valence-electron chi connectivity index (χ4n) is 3.25. The molecular formula is C30H33Cl2N3O3. The normalized spacial score (nSPS) is 10.7. The van der Waals surface area contributed by atoms with Gasteiger partial charge >= 0.3 is 0 Å². The summed E-state index contributed by atoms with van der Waals surface area (Å²) in [4.78, 5) is 17.3. The number of hydrogen-bond donors (Lipinski definition) is 1. The molecule has 0 aliphatic rings. The molecule has 0 unspecified atom stereocenters. The molecule has 2 aromatic carbocycles. The summed E-state index contributed by atoms with van der Waals surface area (Å²) in [6.07, 6.45) is 11.2. The van der Waals surface area contributed by atoms with Crippen LogP contribution < -0.4 is 10.1 Å². The Balaban J connectivity index is 0.000000926. The third kappa shape index (κ3) is 9.96. The van der Waals surface area contributed by atoms with Crippen LogP contribution >= 0.6 is 23.2 Å².